The number of unbranched alkanes of at least 4 members (excludes halogenated alkanes) is 26. The number of ether oxygens (including phenoxy) is 2. The van der Waals surface area contributed by atoms with Gasteiger partial charge in [-0.2, -0.15) is 0 Å². The summed E-state index contributed by atoms with van der Waals surface area (Å²) in [6.07, 6.45) is 39.0. The Kier molecular flexibility index (Phi) is 40.2. The quantitative estimate of drug-likeness (QED) is 0.0216. The largest absolute Gasteiger partial charge is 0.394 e. The fraction of sp³-hybridized carbons (Fsp3) is 0.868. The predicted molar refractivity (Wildman–Crippen MR) is 261 cm³/mol. The molecule has 1 aliphatic rings. The summed E-state index contributed by atoms with van der Waals surface area (Å²) < 4.78 is 11.1. The lowest BCUT2D eigenvalue weighted by Gasteiger charge is -2.40. The lowest BCUT2D eigenvalue weighted by molar-refractivity contribution is -0.303. The van der Waals surface area contributed by atoms with E-state index in [-0.39, 0.29) is 12.8 Å². The van der Waals surface area contributed by atoms with Crippen molar-refractivity contribution in [2.24, 2.45) is 0 Å². The second kappa shape index (κ2) is 42.7. The molecule has 11 heteroatoms. The minimum atomic E-state index is -1.67. The summed E-state index contributed by atoms with van der Waals surface area (Å²) in [5, 5.41) is 75.9. The zero-order chi connectivity index (χ0) is 46.9. The average Bonchev–Trinajstić information content (AvgIpc) is 3.29. The normalized spacial score (nSPS) is 21.3. The summed E-state index contributed by atoms with van der Waals surface area (Å²) in [7, 11) is 0. The first-order valence-electron chi connectivity index (χ1n) is 26.4. The number of aliphatic hydroxyl groups excluding tert-OH is 7. The standard InChI is InChI=1S/C53H99NO10/c1-3-5-7-9-11-13-15-17-19-21-23-25-27-29-31-33-35-37-39-41-46(57)52(62)54-44(43-63-53-51(61)50(60)49(59)47(42-55)64-53)48(58)45(56)40-38-36-34-32-30-28-26-24-22-20-18-16-14-12-10-8-6-4-2/h16,18,24,26,32,34,44-51,53,55-61H,3-15,17,19-23,25,27-31,33,35-43H2,1-2H3,(H,54,62)/b18-16+,26-24+,34-32+. The van der Waals surface area contributed by atoms with E-state index in [1.807, 2.05) is 0 Å². The van der Waals surface area contributed by atoms with Crippen molar-refractivity contribution >= 4 is 5.91 Å². The van der Waals surface area contributed by atoms with Crippen molar-refractivity contribution < 1.29 is 50.0 Å². The molecular formula is C53H99NO10. The molecule has 1 heterocycles. The fourth-order valence-electron chi connectivity index (χ4n) is 8.30. The van der Waals surface area contributed by atoms with Crippen LogP contribution in [0.1, 0.15) is 226 Å². The topological polar surface area (TPSA) is 189 Å². The summed E-state index contributed by atoms with van der Waals surface area (Å²) >= 11 is 0. The lowest BCUT2D eigenvalue weighted by Crippen LogP contribution is -2.60. The van der Waals surface area contributed by atoms with Crippen LogP contribution >= 0.6 is 0 Å². The molecule has 1 aliphatic heterocycles. The molecule has 0 aromatic rings. The molecule has 0 radical (unpaired) electrons. The Morgan fingerprint density at radius 3 is 1.39 bits per heavy atom. The van der Waals surface area contributed by atoms with E-state index in [1.165, 1.54) is 135 Å². The molecule has 376 valence electrons. The van der Waals surface area contributed by atoms with Gasteiger partial charge in [0.1, 0.15) is 36.6 Å². The van der Waals surface area contributed by atoms with Gasteiger partial charge in [0.25, 0.3) is 0 Å². The van der Waals surface area contributed by atoms with Crippen molar-refractivity contribution in [3.8, 4) is 0 Å². The number of nitrogens with one attached hydrogen (secondary N) is 1. The number of hydrogen-bond acceptors (Lipinski definition) is 10. The van der Waals surface area contributed by atoms with E-state index in [2.05, 4.69) is 55.6 Å². The molecule has 9 atom stereocenters. The number of rotatable bonds is 44. The van der Waals surface area contributed by atoms with Crippen LogP contribution < -0.4 is 5.32 Å². The summed E-state index contributed by atoms with van der Waals surface area (Å²) in [5.41, 5.74) is 0. The summed E-state index contributed by atoms with van der Waals surface area (Å²) in [6.45, 7) is 3.43. The van der Waals surface area contributed by atoms with E-state index in [0.29, 0.717) is 19.3 Å². The Morgan fingerprint density at radius 1 is 0.531 bits per heavy atom. The molecule has 11 nitrogen and oxygen atoms in total. The van der Waals surface area contributed by atoms with Crippen molar-refractivity contribution in [3.05, 3.63) is 36.5 Å². The highest BCUT2D eigenvalue weighted by Crippen LogP contribution is 2.23. The van der Waals surface area contributed by atoms with Gasteiger partial charge in [-0.1, -0.05) is 198 Å². The van der Waals surface area contributed by atoms with E-state index in [4.69, 9.17) is 9.47 Å². The van der Waals surface area contributed by atoms with E-state index in [9.17, 15) is 40.5 Å². The summed E-state index contributed by atoms with van der Waals surface area (Å²) in [6, 6.07) is -1.19. The van der Waals surface area contributed by atoms with Crippen LogP contribution in [0, 0.1) is 0 Å². The fourth-order valence-corrected chi connectivity index (χ4v) is 8.30. The minimum absolute atomic E-state index is 0.242. The van der Waals surface area contributed by atoms with Gasteiger partial charge in [0.15, 0.2) is 6.29 Å². The maximum absolute atomic E-state index is 13.1. The Morgan fingerprint density at radius 2 is 0.938 bits per heavy atom. The van der Waals surface area contributed by atoms with Crippen LogP contribution in [0.25, 0.3) is 0 Å². The number of hydrogen-bond donors (Lipinski definition) is 8. The zero-order valence-corrected chi connectivity index (χ0v) is 40.8. The monoisotopic (exact) mass is 910 g/mol. The van der Waals surface area contributed by atoms with Gasteiger partial charge in [-0.3, -0.25) is 4.79 Å². The van der Waals surface area contributed by atoms with Gasteiger partial charge in [-0.15, -0.1) is 0 Å². The third kappa shape index (κ3) is 31.3. The highest BCUT2D eigenvalue weighted by molar-refractivity contribution is 5.80. The summed E-state index contributed by atoms with van der Waals surface area (Å²) in [5.74, 6) is -0.710. The Bertz CT molecular complexity index is 1130. The minimum Gasteiger partial charge on any atom is -0.394 e. The van der Waals surface area contributed by atoms with Gasteiger partial charge >= 0.3 is 0 Å². The molecule has 1 fully saturated rings. The van der Waals surface area contributed by atoms with Crippen LogP contribution in [-0.4, -0.2) is 110 Å². The Hall–Kier alpha value is -1.67. The van der Waals surface area contributed by atoms with Gasteiger partial charge < -0.3 is 50.5 Å². The first-order valence-corrected chi connectivity index (χ1v) is 26.4. The molecule has 8 N–H and O–H groups in total. The molecule has 0 saturated carbocycles. The number of carbonyl (C=O) groups excluding carboxylic acids is 1. The van der Waals surface area contributed by atoms with E-state index < -0.39 is 74.2 Å². The third-order valence-corrected chi connectivity index (χ3v) is 12.7. The van der Waals surface area contributed by atoms with Crippen LogP contribution in [-0.2, 0) is 14.3 Å². The number of aliphatic hydroxyl groups is 7. The van der Waals surface area contributed by atoms with Crippen molar-refractivity contribution in [2.45, 2.75) is 281 Å². The Balaban J connectivity index is 2.41. The van der Waals surface area contributed by atoms with Crippen LogP contribution in [0.4, 0.5) is 0 Å². The van der Waals surface area contributed by atoms with Crippen LogP contribution in [0.5, 0.6) is 0 Å². The molecule has 1 saturated heterocycles. The van der Waals surface area contributed by atoms with Crippen LogP contribution in [0.15, 0.2) is 36.5 Å². The van der Waals surface area contributed by atoms with Crippen molar-refractivity contribution in [1.82, 2.24) is 5.32 Å². The second-order valence-corrected chi connectivity index (χ2v) is 18.6. The molecule has 0 spiro atoms. The third-order valence-electron chi connectivity index (χ3n) is 12.7. The highest BCUT2D eigenvalue weighted by Gasteiger charge is 2.44. The van der Waals surface area contributed by atoms with E-state index >= 15 is 0 Å². The zero-order valence-electron chi connectivity index (χ0n) is 40.8. The summed E-state index contributed by atoms with van der Waals surface area (Å²) in [4.78, 5) is 13.1. The number of allylic oxidation sites excluding steroid dienone is 6. The van der Waals surface area contributed by atoms with Gasteiger partial charge in [0.05, 0.1) is 25.4 Å². The molecule has 9 unspecified atom stereocenters. The maximum atomic E-state index is 13.1. The molecule has 64 heavy (non-hydrogen) atoms. The van der Waals surface area contributed by atoms with Gasteiger partial charge in [0.2, 0.25) is 5.91 Å². The van der Waals surface area contributed by atoms with Crippen molar-refractivity contribution in [1.29, 1.82) is 0 Å². The van der Waals surface area contributed by atoms with Gasteiger partial charge in [-0.25, -0.2) is 0 Å². The lowest BCUT2D eigenvalue weighted by atomic mass is 9.98. The van der Waals surface area contributed by atoms with Gasteiger partial charge in [0, 0.05) is 0 Å². The predicted octanol–water partition coefficient (Wildman–Crippen LogP) is 9.95. The molecule has 0 aliphatic carbocycles. The molecule has 0 aromatic heterocycles. The van der Waals surface area contributed by atoms with Crippen molar-refractivity contribution in [3.63, 3.8) is 0 Å². The van der Waals surface area contributed by atoms with Crippen LogP contribution in [0.3, 0.4) is 0 Å². The number of amides is 1. The van der Waals surface area contributed by atoms with E-state index in [0.717, 1.165) is 44.9 Å². The Labute approximate surface area is 390 Å². The first-order chi connectivity index (χ1) is 31.2. The first kappa shape index (κ1) is 60.3. The van der Waals surface area contributed by atoms with E-state index in [1.54, 1.807) is 0 Å². The number of carbonyl (C=O) groups is 1. The second-order valence-electron chi connectivity index (χ2n) is 18.6. The molecule has 1 rings (SSSR count). The smallest absolute Gasteiger partial charge is 0.249 e. The highest BCUT2D eigenvalue weighted by atomic mass is 16.7. The van der Waals surface area contributed by atoms with Crippen molar-refractivity contribution in [2.75, 3.05) is 13.2 Å². The van der Waals surface area contributed by atoms with Crippen LogP contribution in [0.2, 0.25) is 0 Å². The SMILES string of the molecule is CCCCCCC/C=C/CC/C=C/CC/C=C/CCCC(O)C(O)C(COC1OC(CO)C(O)C(O)C1O)NC(=O)C(O)CCCCCCCCCCCCCCCCCCCCC. The molecule has 0 aromatic carbocycles. The van der Waals surface area contributed by atoms with Gasteiger partial charge in [-0.05, 0) is 64.2 Å². The maximum Gasteiger partial charge on any atom is 0.249 e. The molecule has 1 amide bonds. The molecule has 0 bridgehead atoms. The average molecular weight is 910 g/mol. The molecular weight excluding hydrogens is 811 g/mol.